The van der Waals surface area contributed by atoms with E-state index in [2.05, 4.69) is 20.1 Å². The number of rotatable bonds is 13. The van der Waals surface area contributed by atoms with Gasteiger partial charge in [-0.05, 0) is 38.3 Å². The lowest BCUT2D eigenvalue weighted by molar-refractivity contribution is -0.145. The molecule has 0 saturated carbocycles. The summed E-state index contributed by atoms with van der Waals surface area (Å²) in [7, 11) is 0. The number of likely N-dealkylation sites (tertiary alicyclic amines) is 1. The van der Waals surface area contributed by atoms with Crippen molar-refractivity contribution in [1.82, 2.24) is 9.80 Å². The van der Waals surface area contributed by atoms with E-state index < -0.39 is 28.7 Å². The Morgan fingerprint density at radius 3 is 2.53 bits per heavy atom. The van der Waals surface area contributed by atoms with Crippen LogP contribution >= 0.6 is 11.8 Å². The zero-order valence-corrected chi connectivity index (χ0v) is 23.4. The number of unbranched alkanes of at least 4 members (excludes halogenated alkanes) is 2. The molecule has 3 fully saturated rings. The lowest BCUT2D eigenvalue weighted by atomic mass is 9.70. The number of para-hydroxylation sites is 1. The molecule has 3 saturated heterocycles. The third kappa shape index (κ3) is 4.81. The van der Waals surface area contributed by atoms with Gasteiger partial charge < -0.3 is 19.8 Å². The van der Waals surface area contributed by atoms with E-state index in [1.165, 1.54) is 0 Å². The Hall–Kier alpha value is -2.58. The summed E-state index contributed by atoms with van der Waals surface area (Å²) in [5, 5.41) is 10.1. The highest BCUT2D eigenvalue weighted by Gasteiger charge is 2.74. The topological polar surface area (TPSA) is 81.2 Å². The second kappa shape index (κ2) is 12.1. The van der Waals surface area contributed by atoms with Gasteiger partial charge in [-0.1, -0.05) is 50.1 Å². The lowest BCUT2D eigenvalue weighted by Gasteiger charge is -2.39. The zero-order valence-electron chi connectivity index (χ0n) is 22.6. The lowest BCUT2D eigenvalue weighted by Crippen LogP contribution is -2.57. The molecule has 1 aromatic rings. The number of aliphatic hydroxyl groups excluding tert-OH is 1. The van der Waals surface area contributed by atoms with Crippen molar-refractivity contribution in [2.24, 2.45) is 11.8 Å². The van der Waals surface area contributed by atoms with Crippen molar-refractivity contribution < 1.29 is 19.5 Å². The molecule has 3 aliphatic heterocycles. The summed E-state index contributed by atoms with van der Waals surface area (Å²) in [6.07, 6.45) is 7.86. The minimum Gasteiger partial charge on any atom is -0.394 e. The van der Waals surface area contributed by atoms with Gasteiger partial charge in [-0.2, -0.15) is 0 Å². The molecule has 7 nitrogen and oxygen atoms in total. The fraction of sp³-hybridized carbons (Fsp3) is 0.567. The maximum Gasteiger partial charge on any atom is 0.247 e. The predicted molar refractivity (Wildman–Crippen MR) is 153 cm³/mol. The van der Waals surface area contributed by atoms with E-state index in [-0.39, 0.29) is 29.6 Å². The Morgan fingerprint density at radius 2 is 1.89 bits per heavy atom. The molecular weight excluding hydrogens is 498 g/mol. The van der Waals surface area contributed by atoms with E-state index in [9.17, 15) is 19.5 Å². The fourth-order valence-corrected chi connectivity index (χ4v) is 8.82. The summed E-state index contributed by atoms with van der Waals surface area (Å²) in [5.41, 5.74) is 0.769. The Bertz CT molecular complexity index is 1050. The molecule has 0 radical (unpaired) electrons. The number of fused-ring (bicyclic) bond motifs is 1. The monoisotopic (exact) mass is 539 g/mol. The number of aliphatic hydroxyl groups is 1. The summed E-state index contributed by atoms with van der Waals surface area (Å²) in [5.74, 6) is -1.50. The molecule has 8 heteroatoms. The number of carbonyl (C=O) groups excluding carboxylic acids is 3. The molecule has 1 aromatic carbocycles. The van der Waals surface area contributed by atoms with Crippen molar-refractivity contribution in [3.63, 3.8) is 0 Å². The Balaban J connectivity index is 1.72. The van der Waals surface area contributed by atoms with Gasteiger partial charge in [0.05, 0.1) is 29.2 Å². The molecule has 0 aromatic heterocycles. The third-order valence-corrected chi connectivity index (χ3v) is 10.3. The average Bonchev–Trinajstić information content (AvgIpc) is 3.58. The molecule has 0 aliphatic carbocycles. The second-order valence-electron chi connectivity index (χ2n) is 10.7. The van der Waals surface area contributed by atoms with Gasteiger partial charge in [-0.3, -0.25) is 14.4 Å². The van der Waals surface area contributed by atoms with Gasteiger partial charge in [0.15, 0.2) is 0 Å². The number of anilines is 1. The van der Waals surface area contributed by atoms with Gasteiger partial charge in [0.2, 0.25) is 17.7 Å². The Kier molecular flexibility index (Phi) is 9.04. The van der Waals surface area contributed by atoms with Crippen molar-refractivity contribution in [3.05, 3.63) is 55.6 Å². The van der Waals surface area contributed by atoms with Crippen molar-refractivity contribution in [2.45, 2.75) is 68.0 Å². The molecule has 3 amide bonds. The van der Waals surface area contributed by atoms with E-state index in [0.29, 0.717) is 26.1 Å². The van der Waals surface area contributed by atoms with Crippen LogP contribution in [-0.2, 0) is 14.4 Å². The highest BCUT2D eigenvalue weighted by atomic mass is 32.2. The molecule has 38 heavy (non-hydrogen) atoms. The maximum absolute atomic E-state index is 14.2. The second-order valence-corrected chi connectivity index (χ2v) is 12.3. The highest BCUT2D eigenvalue weighted by molar-refractivity contribution is 8.02. The Labute approximate surface area is 230 Å². The summed E-state index contributed by atoms with van der Waals surface area (Å²) in [4.78, 5) is 47.7. The van der Waals surface area contributed by atoms with Crippen LogP contribution in [0.5, 0.6) is 0 Å². The number of amides is 3. The fourth-order valence-electron chi connectivity index (χ4n) is 6.63. The number of carbonyl (C=O) groups is 3. The summed E-state index contributed by atoms with van der Waals surface area (Å²) in [6, 6.07) is 8.24. The summed E-state index contributed by atoms with van der Waals surface area (Å²) < 4.78 is -0.677. The van der Waals surface area contributed by atoms with Crippen molar-refractivity contribution in [3.8, 4) is 0 Å². The van der Waals surface area contributed by atoms with Crippen molar-refractivity contribution >= 4 is 35.2 Å². The first-order valence-electron chi connectivity index (χ1n) is 13.8. The van der Waals surface area contributed by atoms with Gasteiger partial charge in [-0.25, -0.2) is 0 Å². The summed E-state index contributed by atoms with van der Waals surface area (Å²) >= 11 is 1.66. The molecule has 3 heterocycles. The molecule has 1 spiro atoms. The molecule has 1 N–H and O–H groups in total. The van der Waals surface area contributed by atoms with E-state index >= 15 is 0 Å². The van der Waals surface area contributed by atoms with Crippen LogP contribution in [0.2, 0.25) is 0 Å². The molecule has 4 rings (SSSR count). The van der Waals surface area contributed by atoms with Crippen LogP contribution in [0.25, 0.3) is 0 Å². The van der Waals surface area contributed by atoms with Crippen LogP contribution in [0.1, 0.15) is 46.0 Å². The van der Waals surface area contributed by atoms with Crippen LogP contribution in [0.15, 0.2) is 55.6 Å². The number of hydrogen-bond donors (Lipinski definition) is 1. The molecule has 6 atom stereocenters. The Morgan fingerprint density at radius 1 is 1.18 bits per heavy atom. The number of thioether (sulfide) groups is 1. The average molecular weight is 540 g/mol. The highest BCUT2D eigenvalue weighted by Crippen LogP contribution is 2.67. The van der Waals surface area contributed by atoms with E-state index in [4.69, 9.17) is 0 Å². The van der Waals surface area contributed by atoms with Crippen molar-refractivity contribution in [2.75, 3.05) is 31.1 Å². The first-order chi connectivity index (χ1) is 18.4. The molecule has 2 unspecified atom stereocenters. The minimum atomic E-state index is -0.707. The molecule has 2 bridgehead atoms. The smallest absolute Gasteiger partial charge is 0.247 e. The normalized spacial score (nSPS) is 28.2. The number of hydrogen-bond acceptors (Lipinski definition) is 5. The van der Waals surface area contributed by atoms with Crippen molar-refractivity contribution in [1.29, 1.82) is 0 Å². The van der Waals surface area contributed by atoms with Crippen LogP contribution in [-0.4, -0.2) is 80.9 Å². The largest absolute Gasteiger partial charge is 0.394 e. The predicted octanol–water partition coefficient (Wildman–Crippen LogP) is 3.88. The van der Waals surface area contributed by atoms with E-state index in [1.807, 2.05) is 35.2 Å². The van der Waals surface area contributed by atoms with Crippen LogP contribution in [0.4, 0.5) is 5.69 Å². The zero-order chi connectivity index (χ0) is 27.4. The SMILES string of the molecule is C=CCN(CCCCC)C(=O)C1N([C@H](C)CO)C(=O)[C@@H]2[C@H](C(=O)N(CC=C)c3ccccc3)[C@@H]3CCC12S3. The number of benzene rings is 1. The van der Waals surface area contributed by atoms with Crippen LogP contribution in [0, 0.1) is 11.8 Å². The van der Waals surface area contributed by atoms with Crippen LogP contribution in [0.3, 0.4) is 0 Å². The maximum atomic E-state index is 14.2. The van der Waals surface area contributed by atoms with E-state index in [1.54, 1.807) is 40.6 Å². The van der Waals surface area contributed by atoms with Gasteiger partial charge >= 0.3 is 0 Å². The first-order valence-corrected chi connectivity index (χ1v) is 14.7. The summed E-state index contributed by atoms with van der Waals surface area (Å²) in [6.45, 7) is 12.7. The quantitative estimate of drug-likeness (QED) is 0.304. The molecule has 206 valence electrons. The van der Waals surface area contributed by atoms with Gasteiger partial charge in [0.1, 0.15) is 6.04 Å². The third-order valence-electron chi connectivity index (χ3n) is 8.33. The van der Waals surface area contributed by atoms with Gasteiger partial charge in [0, 0.05) is 30.6 Å². The van der Waals surface area contributed by atoms with E-state index in [0.717, 1.165) is 31.4 Å². The first kappa shape index (κ1) is 28.4. The molecular formula is C30H41N3O4S. The minimum absolute atomic E-state index is 0.0256. The number of nitrogens with zero attached hydrogens (tertiary/aromatic N) is 3. The standard InChI is InChI=1S/C30H41N3O4S/c1-5-8-12-19-31(17-6-2)29(37)26-30-16-15-23(38-30)24(25(30)28(36)33(26)21(4)20-34)27(35)32(18-7-3)22-13-10-9-11-14-22/h6-7,9-11,13-14,21,23-26,34H,2-3,5,8,12,15-20H2,1,4H3/t21-,23+,24-,25+,26?,30?/m1/s1. The van der Waals surface area contributed by atoms with Gasteiger partial charge in [-0.15, -0.1) is 24.9 Å². The van der Waals surface area contributed by atoms with Crippen LogP contribution < -0.4 is 4.90 Å². The molecule has 3 aliphatic rings. The van der Waals surface area contributed by atoms with Gasteiger partial charge in [0.25, 0.3) is 0 Å².